The molecular formula is C18H33NO2. The van der Waals surface area contributed by atoms with Crippen LogP contribution in [0.3, 0.4) is 0 Å². The van der Waals surface area contributed by atoms with Gasteiger partial charge < -0.3 is 0 Å². The molecule has 1 rings (SSSR count). The molecule has 1 aliphatic carbocycles. The summed E-state index contributed by atoms with van der Waals surface area (Å²) >= 11 is 0. The number of hydrogen-bond acceptors (Lipinski definition) is 2. The minimum absolute atomic E-state index is 0.0804. The van der Waals surface area contributed by atoms with Crippen LogP contribution < -0.4 is 0 Å². The summed E-state index contributed by atoms with van der Waals surface area (Å²) in [4.78, 5) is 26.7. The van der Waals surface area contributed by atoms with Crippen molar-refractivity contribution >= 4 is 11.8 Å². The Bertz CT molecular complexity index is 286. The highest BCUT2D eigenvalue weighted by molar-refractivity contribution is 5.95. The van der Waals surface area contributed by atoms with Crippen molar-refractivity contribution in [2.75, 3.05) is 0 Å². The topological polar surface area (TPSA) is 37.4 Å². The fourth-order valence-corrected chi connectivity index (χ4v) is 3.18. The van der Waals surface area contributed by atoms with Crippen LogP contribution in [0.4, 0.5) is 0 Å². The zero-order chi connectivity index (χ0) is 15.5. The summed E-state index contributed by atoms with van der Waals surface area (Å²) in [7, 11) is 0. The Hall–Kier alpha value is -0.860. The average Bonchev–Trinajstić information content (AvgIpc) is 2.49. The van der Waals surface area contributed by atoms with Crippen LogP contribution in [0, 0.1) is 0 Å². The molecule has 1 saturated carbocycles. The van der Waals surface area contributed by atoms with Gasteiger partial charge >= 0.3 is 0 Å². The maximum absolute atomic E-state index is 12.5. The summed E-state index contributed by atoms with van der Waals surface area (Å²) in [5.74, 6) is 0.161. The molecular weight excluding hydrogens is 262 g/mol. The van der Waals surface area contributed by atoms with Crippen molar-refractivity contribution < 1.29 is 9.59 Å². The predicted molar refractivity (Wildman–Crippen MR) is 87.0 cm³/mol. The summed E-state index contributed by atoms with van der Waals surface area (Å²) < 4.78 is 0. The van der Waals surface area contributed by atoms with Crippen LogP contribution in [0.1, 0.15) is 97.3 Å². The van der Waals surface area contributed by atoms with E-state index in [0.29, 0.717) is 12.8 Å². The summed E-state index contributed by atoms with van der Waals surface area (Å²) in [6.45, 7) is 4.28. The SMILES string of the molecule is CCCCCC(=O)N(C(=O)CCCCC)C1CCCCC1. The molecule has 0 radical (unpaired) electrons. The second-order valence-corrected chi connectivity index (χ2v) is 6.36. The van der Waals surface area contributed by atoms with Crippen molar-refractivity contribution in [3.8, 4) is 0 Å². The molecule has 2 amide bonds. The summed E-state index contributed by atoms with van der Waals surface area (Å²) in [6.07, 6.45) is 12.9. The number of hydrogen-bond donors (Lipinski definition) is 0. The molecule has 0 aromatic heterocycles. The van der Waals surface area contributed by atoms with Gasteiger partial charge in [-0.2, -0.15) is 0 Å². The van der Waals surface area contributed by atoms with Crippen molar-refractivity contribution in [3.05, 3.63) is 0 Å². The molecule has 122 valence electrons. The van der Waals surface area contributed by atoms with Crippen LogP contribution in [-0.2, 0) is 9.59 Å². The van der Waals surface area contributed by atoms with Gasteiger partial charge in [0.1, 0.15) is 0 Å². The summed E-state index contributed by atoms with van der Waals surface area (Å²) in [5.41, 5.74) is 0. The molecule has 3 heteroatoms. The van der Waals surface area contributed by atoms with E-state index in [0.717, 1.165) is 64.2 Å². The number of carbonyl (C=O) groups excluding carboxylic acids is 2. The van der Waals surface area contributed by atoms with Gasteiger partial charge in [-0.05, 0) is 25.7 Å². The van der Waals surface area contributed by atoms with Crippen molar-refractivity contribution in [1.82, 2.24) is 4.90 Å². The first kappa shape index (κ1) is 18.2. The van der Waals surface area contributed by atoms with Crippen molar-refractivity contribution in [2.45, 2.75) is 103 Å². The van der Waals surface area contributed by atoms with Gasteiger partial charge in [-0.25, -0.2) is 0 Å². The largest absolute Gasteiger partial charge is 0.280 e. The van der Waals surface area contributed by atoms with Gasteiger partial charge in [-0.3, -0.25) is 14.5 Å². The molecule has 0 spiro atoms. The first-order valence-corrected chi connectivity index (χ1v) is 9.05. The second-order valence-electron chi connectivity index (χ2n) is 6.36. The molecule has 21 heavy (non-hydrogen) atoms. The van der Waals surface area contributed by atoms with Crippen LogP contribution in [0.15, 0.2) is 0 Å². The average molecular weight is 295 g/mol. The first-order valence-electron chi connectivity index (χ1n) is 9.05. The van der Waals surface area contributed by atoms with Crippen molar-refractivity contribution in [2.24, 2.45) is 0 Å². The van der Waals surface area contributed by atoms with Crippen LogP contribution >= 0.6 is 0 Å². The monoisotopic (exact) mass is 295 g/mol. The second kappa shape index (κ2) is 10.8. The van der Waals surface area contributed by atoms with E-state index >= 15 is 0 Å². The lowest BCUT2D eigenvalue weighted by Crippen LogP contribution is -2.45. The third-order valence-electron chi connectivity index (χ3n) is 4.47. The van der Waals surface area contributed by atoms with Crippen LogP contribution in [-0.4, -0.2) is 22.8 Å². The smallest absolute Gasteiger partial charge is 0.229 e. The maximum Gasteiger partial charge on any atom is 0.229 e. The molecule has 0 atom stereocenters. The molecule has 0 saturated heterocycles. The molecule has 0 bridgehead atoms. The van der Waals surface area contributed by atoms with Gasteiger partial charge in [-0.15, -0.1) is 0 Å². The van der Waals surface area contributed by atoms with E-state index in [4.69, 9.17) is 0 Å². The number of imide groups is 1. The van der Waals surface area contributed by atoms with E-state index in [9.17, 15) is 9.59 Å². The lowest BCUT2D eigenvalue weighted by Gasteiger charge is -2.33. The molecule has 0 aromatic carbocycles. The van der Waals surface area contributed by atoms with Crippen molar-refractivity contribution in [3.63, 3.8) is 0 Å². The van der Waals surface area contributed by atoms with Gasteiger partial charge in [0.05, 0.1) is 0 Å². The quantitative estimate of drug-likeness (QED) is 0.571. The van der Waals surface area contributed by atoms with E-state index in [2.05, 4.69) is 13.8 Å². The molecule has 3 nitrogen and oxygen atoms in total. The zero-order valence-corrected chi connectivity index (χ0v) is 14.0. The van der Waals surface area contributed by atoms with Gasteiger partial charge in [-0.1, -0.05) is 58.8 Å². The van der Waals surface area contributed by atoms with Gasteiger partial charge in [0.2, 0.25) is 11.8 Å². The Morgan fingerprint density at radius 2 is 1.29 bits per heavy atom. The number of carbonyl (C=O) groups is 2. The third-order valence-corrected chi connectivity index (χ3v) is 4.47. The van der Waals surface area contributed by atoms with E-state index in [1.165, 1.54) is 6.42 Å². The maximum atomic E-state index is 12.5. The minimum Gasteiger partial charge on any atom is -0.280 e. The van der Waals surface area contributed by atoms with Gasteiger partial charge in [0, 0.05) is 18.9 Å². The lowest BCUT2D eigenvalue weighted by molar-refractivity contribution is -0.148. The lowest BCUT2D eigenvalue weighted by atomic mass is 9.93. The Balaban J connectivity index is 2.59. The number of unbranched alkanes of at least 4 members (excludes halogenated alkanes) is 4. The zero-order valence-electron chi connectivity index (χ0n) is 14.0. The highest BCUT2D eigenvalue weighted by atomic mass is 16.2. The van der Waals surface area contributed by atoms with E-state index in [-0.39, 0.29) is 17.9 Å². The third kappa shape index (κ3) is 6.62. The highest BCUT2D eigenvalue weighted by Gasteiger charge is 2.29. The minimum atomic E-state index is 0.0804. The number of rotatable bonds is 9. The van der Waals surface area contributed by atoms with E-state index in [1.54, 1.807) is 4.90 Å². The number of amides is 2. The molecule has 0 aliphatic heterocycles. The van der Waals surface area contributed by atoms with E-state index < -0.39 is 0 Å². The van der Waals surface area contributed by atoms with Crippen molar-refractivity contribution in [1.29, 1.82) is 0 Å². The Kier molecular flexibility index (Phi) is 9.36. The molecule has 0 N–H and O–H groups in total. The summed E-state index contributed by atoms with van der Waals surface area (Å²) in [6, 6.07) is 0.182. The summed E-state index contributed by atoms with van der Waals surface area (Å²) in [5, 5.41) is 0. The fourth-order valence-electron chi connectivity index (χ4n) is 3.18. The molecule has 1 aliphatic rings. The standard InChI is InChI=1S/C18H33NO2/c1-3-5-8-14-17(20)19(16-12-10-7-11-13-16)18(21)15-9-6-4-2/h16H,3-15H2,1-2H3. The Morgan fingerprint density at radius 3 is 1.71 bits per heavy atom. The van der Waals surface area contributed by atoms with Crippen LogP contribution in [0.5, 0.6) is 0 Å². The van der Waals surface area contributed by atoms with Crippen LogP contribution in [0.2, 0.25) is 0 Å². The molecule has 0 aromatic rings. The first-order chi connectivity index (χ1) is 10.2. The fraction of sp³-hybridized carbons (Fsp3) is 0.889. The normalized spacial score (nSPS) is 15.9. The van der Waals surface area contributed by atoms with Gasteiger partial charge in [0.25, 0.3) is 0 Å². The predicted octanol–water partition coefficient (Wildman–Crippen LogP) is 4.83. The van der Waals surface area contributed by atoms with Crippen LogP contribution in [0.25, 0.3) is 0 Å². The Labute approximate surface area is 130 Å². The van der Waals surface area contributed by atoms with E-state index in [1.807, 2.05) is 0 Å². The Morgan fingerprint density at radius 1 is 0.810 bits per heavy atom. The molecule has 0 heterocycles. The molecule has 0 unspecified atom stereocenters. The highest BCUT2D eigenvalue weighted by Crippen LogP contribution is 2.24. The van der Waals surface area contributed by atoms with Gasteiger partial charge in [0.15, 0.2) is 0 Å². The molecule has 1 fully saturated rings. The number of nitrogens with zero attached hydrogens (tertiary/aromatic N) is 1.